The van der Waals surface area contributed by atoms with E-state index in [4.69, 9.17) is 4.98 Å². The van der Waals surface area contributed by atoms with Crippen LogP contribution in [0.5, 0.6) is 0 Å². The second-order valence-electron chi connectivity index (χ2n) is 10.9. The van der Waals surface area contributed by atoms with Crippen molar-refractivity contribution < 1.29 is 23.2 Å². The SMILES string of the molecule is CN1C(=O)CN(c2cc(C3CC3)cn3cc(CNc4cc(NC(=O)C5CC5c5nccc(C(F)F)n5)ncn4)nc23)C1=O. The number of halogens is 2. The van der Waals surface area contributed by atoms with Gasteiger partial charge in [-0.25, -0.2) is 38.5 Å². The van der Waals surface area contributed by atoms with Gasteiger partial charge in [-0.05, 0) is 42.9 Å². The predicted molar refractivity (Wildman–Crippen MR) is 149 cm³/mol. The second kappa shape index (κ2) is 10.3. The maximum Gasteiger partial charge on any atom is 0.331 e. The number of aromatic nitrogens is 6. The Labute approximate surface area is 243 Å². The Balaban J connectivity index is 1.03. The summed E-state index contributed by atoms with van der Waals surface area (Å²) >= 11 is 0. The van der Waals surface area contributed by atoms with Gasteiger partial charge in [-0.2, -0.15) is 0 Å². The molecule has 43 heavy (non-hydrogen) atoms. The molecule has 2 unspecified atom stereocenters. The number of anilines is 3. The van der Waals surface area contributed by atoms with Crippen LogP contribution in [0, 0.1) is 5.92 Å². The minimum atomic E-state index is -2.70. The zero-order valence-corrected chi connectivity index (χ0v) is 22.9. The predicted octanol–water partition coefficient (Wildman–Crippen LogP) is 3.48. The number of rotatable bonds is 9. The van der Waals surface area contributed by atoms with E-state index in [0.717, 1.165) is 29.4 Å². The van der Waals surface area contributed by atoms with Gasteiger partial charge in [0.25, 0.3) is 6.43 Å². The van der Waals surface area contributed by atoms with Crippen molar-refractivity contribution in [3.8, 4) is 0 Å². The summed E-state index contributed by atoms with van der Waals surface area (Å²) < 4.78 is 27.9. The number of hydrogen-bond acceptors (Lipinski definition) is 9. The van der Waals surface area contributed by atoms with Crippen molar-refractivity contribution >= 4 is 40.8 Å². The summed E-state index contributed by atoms with van der Waals surface area (Å²) in [7, 11) is 1.47. The van der Waals surface area contributed by atoms with Crippen LogP contribution in [0.15, 0.2) is 43.1 Å². The fourth-order valence-corrected chi connectivity index (χ4v) is 5.24. The highest BCUT2D eigenvalue weighted by Gasteiger charge is 2.46. The molecule has 2 atom stereocenters. The lowest BCUT2D eigenvalue weighted by Gasteiger charge is -2.17. The number of alkyl halides is 2. The first kappa shape index (κ1) is 26.8. The van der Waals surface area contributed by atoms with E-state index in [9.17, 15) is 23.2 Å². The van der Waals surface area contributed by atoms with Crippen LogP contribution in [0.3, 0.4) is 0 Å². The lowest BCUT2D eigenvalue weighted by molar-refractivity contribution is -0.124. The molecule has 0 bridgehead atoms. The highest BCUT2D eigenvalue weighted by atomic mass is 19.3. The number of likely N-dealkylation sites (N-methyl/N-ethyl adjacent to an activating group) is 1. The minimum absolute atomic E-state index is 0.0360. The summed E-state index contributed by atoms with van der Waals surface area (Å²) in [6.07, 6.45) is 6.38. The average Bonchev–Trinajstić information content (AvgIpc) is 3.93. The van der Waals surface area contributed by atoms with Crippen LogP contribution in [0.2, 0.25) is 0 Å². The monoisotopic (exact) mass is 588 g/mol. The van der Waals surface area contributed by atoms with Gasteiger partial charge in [0.2, 0.25) is 11.8 Å². The lowest BCUT2D eigenvalue weighted by atomic mass is 10.1. The molecule has 0 spiro atoms. The Morgan fingerprint density at radius 2 is 1.91 bits per heavy atom. The maximum atomic E-state index is 13.0. The summed E-state index contributed by atoms with van der Waals surface area (Å²) in [6, 6.07) is 4.31. The average molecular weight is 589 g/mol. The smallest absolute Gasteiger partial charge is 0.331 e. The van der Waals surface area contributed by atoms with Crippen LogP contribution in [0.1, 0.15) is 60.3 Å². The third kappa shape index (κ3) is 5.21. The minimum Gasteiger partial charge on any atom is -0.364 e. The van der Waals surface area contributed by atoms with E-state index in [2.05, 4.69) is 30.6 Å². The van der Waals surface area contributed by atoms with Gasteiger partial charge in [-0.15, -0.1) is 0 Å². The molecule has 2 aliphatic carbocycles. The molecule has 3 aliphatic rings. The summed E-state index contributed by atoms with van der Waals surface area (Å²) in [5.74, 6) is 0.0426. The van der Waals surface area contributed by atoms with Crippen molar-refractivity contribution in [3.05, 3.63) is 65.9 Å². The zero-order chi connectivity index (χ0) is 29.8. The van der Waals surface area contributed by atoms with E-state index in [0.29, 0.717) is 41.7 Å². The number of amides is 4. The van der Waals surface area contributed by atoms with Crippen LogP contribution < -0.4 is 15.5 Å². The van der Waals surface area contributed by atoms with Gasteiger partial charge < -0.3 is 15.0 Å². The first-order valence-electron chi connectivity index (χ1n) is 13.8. The molecule has 2 N–H and O–H groups in total. The third-order valence-corrected chi connectivity index (χ3v) is 7.87. The Hall–Kier alpha value is -5.08. The number of imide groups is 1. The van der Waals surface area contributed by atoms with Crippen LogP contribution in [0.4, 0.5) is 30.9 Å². The molecule has 220 valence electrons. The number of carbonyl (C=O) groups is 3. The van der Waals surface area contributed by atoms with Crippen molar-refractivity contribution in [1.82, 2.24) is 34.2 Å². The van der Waals surface area contributed by atoms with Crippen molar-refractivity contribution in [2.75, 3.05) is 29.1 Å². The molecule has 13 nitrogen and oxygen atoms in total. The Morgan fingerprint density at radius 3 is 2.65 bits per heavy atom. The largest absolute Gasteiger partial charge is 0.364 e. The van der Waals surface area contributed by atoms with Gasteiger partial charge in [-0.3, -0.25) is 19.4 Å². The standard InChI is InChI=1S/C28H26F2N10O3/c1-38-23(41)12-40(28(38)43)20-6-15(14-2-3-14)10-39-11-16(35-26(20)39)9-32-21-8-22(34-13-33-21)37-27(42)18-7-17(18)25-31-5-4-19(36-25)24(29)30/h4-6,8,10-11,13-14,17-18,24H,2-3,7,9,12H2,1H3,(H2,32,33,34,37,42). The summed E-state index contributed by atoms with van der Waals surface area (Å²) in [5.41, 5.74) is 2.57. The zero-order valence-electron chi connectivity index (χ0n) is 22.9. The van der Waals surface area contributed by atoms with Gasteiger partial charge in [0.1, 0.15) is 36.0 Å². The number of carbonyl (C=O) groups excluding carboxylic acids is 3. The van der Waals surface area contributed by atoms with Crippen molar-refractivity contribution in [2.24, 2.45) is 5.92 Å². The van der Waals surface area contributed by atoms with Crippen LogP contribution in [-0.2, 0) is 16.1 Å². The quantitative estimate of drug-likeness (QED) is 0.280. The first-order chi connectivity index (χ1) is 20.7. The number of pyridine rings is 1. The van der Waals surface area contributed by atoms with Gasteiger partial charge >= 0.3 is 6.03 Å². The lowest BCUT2D eigenvalue weighted by Crippen LogP contribution is -2.30. The number of hydrogen-bond donors (Lipinski definition) is 2. The molecule has 5 heterocycles. The Kier molecular flexibility index (Phi) is 6.43. The molecule has 0 radical (unpaired) electrons. The van der Waals surface area contributed by atoms with E-state index in [1.807, 2.05) is 22.9 Å². The maximum absolute atomic E-state index is 13.0. The fraction of sp³-hybridized carbons (Fsp3) is 0.357. The summed E-state index contributed by atoms with van der Waals surface area (Å²) in [5, 5.41) is 5.93. The summed E-state index contributed by atoms with van der Waals surface area (Å²) in [4.78, 5) is 61.4. The molecule has 15 heteroatoms. The molecule has 4 aromatic rings. The van der Waals surface area contributed by atoms with E-state index in [-0.39, 0.29) is 47.6 Å². The Morgan fingerprint density at radius 1 is 1.09 bits per heavy atom. The van der Waals surface area contributed by atoms with Crippen LogP contribution in [-0.4, -0.2) is 65.7 Å². The molecular weight excluding hydrogens is 562 g/mol. The van der Waals surface area contributed by atoms with Gasteiger partial charge in [-0.1, -0.05) is 0 Å². The first-order valence-corrected chi connectivity index (χ1v) is 13.8. The molecule has 3 fully saturated rings. The molecule has 4 amide bonds. The van der Waals surface area contributed by atoms with Crippen LogP contribution in [0.25, 0.3) is 5.65 Å². The van der Waals surface area contributed by atoms with Crippen molar-refractivity contribution in [3.63, 3.8) is 0 Å². The van der Waals surface area contributed by atoms with Crippen molar-refractivity contribution in [2.45, 2.75) is 44.1 Å². The second-order valence-corrected chi connectivity index (χ2v) is 10.9. The molecule has 7 rings (SSSR count). The van der Waals surface area contributed by atoms with Gasteiger partial charge in [0.15, 0.2) is 5.65 Å². The van der Waals surface area contributed by atoms with Gasteiger partial charge in [0, 0.05) is 43.5 Å². The molecule has 2 saturated carbocycles. The van der Waals surface area contributed by atoms with E-state index < -0.39 is 12.3 Å². The number of nitrogens with one attached hydrogen (secondary N) is 2. The number of urea groups is 1. The van der Waals surface area contributed by atoms with E-state index in [1.54, 1.807) is 6.07 Å². The Bertz CT molecular complexity index is 1770. The third-order valence-electron chi connectivity index (χ3n) is 7.87. The molecular formula is C28H26F2N10O3. The highest BCUT2D eigenvalue weighted by Crippen LogP contribution is 2.47. The molecule has 0 aromatic carbocycles. The fourth-order valence-electron chi connectivity index (χ4n) is 5.24. The van der Waals surface area contributed by atoms with Crippen LogP contribution >= 0.6 is 0 Å². The van der Waals surface area contributed by atoms with Crippen molar-refractivity contribution in [1.29, 1.82) is 0 Å². The van der Waals surface area contributed by atoms with E-state index >= 15 is 0 Å². The number of imidazole rings is 1. The number of nitrogens with zero attached hydrogens (tertiary/aromatic N) is 8. The normalized spacial score (nSPS) is 19.9. The van der Waals surface area contributed by atoms with E-state index in [1.165, 1.54) is 24.5 Å². The molecule has 1 saturated heterocycles. The topological polar surface area (TPSA) is 151 Å². The van der Waals surface area contributed by atoms with Gasteiger partial charge in [0.05, 0.1) is 17.9 Å². The highest BCUT2D eigenvalue weighted by molar-refractivity contribution is 6.13. The molecule has 1 aliphatic heterocycles. The summed E-state index contributed by atoms with van der Waals surface area (Å²) in [6.45, 7) is 0.255. The number of fused-ring (bicyclic) bond motifs is 1. The molecule has 4 aromatic heterocycles.